The molecule has 2 aromatic rings. The van der Waals surface area contributed by atoms with E-state index in [1.165, 1.54) is 11.3 Å². The topological polar surface area (TPSA) is 77.2 Å². The highest BCUT2D eigenvalue weighted by molar-refractivity contribution is 7.14. The maximum atomic E-state index is 11.8. The Kier molecular flexibility index (Phi) is 7.31. The van der Waals surface area contributed by atoms with Crippen molar-refractivity contribution in [2.24, 2.45) is 5.73 Å². The van der Waals surface area contributed by atoms with Crippen molar-refractivity contribution in [1.82, 2.24) is 4.98 Å². The van der Waals surface area contributed by atoms with Gasteiger partial charge in [-0.05, 0) is 0 Å². The highest BCUT2D eigenvalue weighted by Crippen LogP contribution is 2.24. The standard InChI is InChI=1S/C14H17N3O2S.ClH/c1-19-11(8-15)7-13(18)17-14-16-12(9-20-14)10-5-3-2-4-6-10;/h2-6,9,11H,7-8,15H2,1H3,(H,16,17,18);1H. The molecule has 0 spiro atoms. The maximum absolute atomic E-state index is 11.8. The second kappa shape index (κ2) is 8.74. The highest BCUT2D eigenvalue weighted by Gasteiger charge is 2.13. The lowest BCUT2D eigenvalue weighted by atomic mass is 10.2. The van der Waals surface area contributed by atoms with Crippen molar-refractivity contribution >= 4 is 34.8 Å². The molecule has 114 valence electrons. The fourth-order valence-electron chi connectivity index (χ4n) is 1.71. The Hall–Kier alpha value is -1.47. The Bertz CT molecular complexity index is 558. The molecule has 1 aromatic carbocycles. The van der Waals surface area contributed by atoms with Crippen LogP contribution in [0.2, 0.25) is 0 Å². The van der Waals surface area contributed by atoms with Crippen LogP contribution in [0.4, 0.5) is 5.13 Å². The maximum Gasteiger partial charge on any atom is 0.228 e. The number of nitrogens with two attached hydrogens (primary N) is 1. The molecule has 1 atom stereocenters. The number of aromatic nitrogens is 1. The monoisotopic (exact) mass is 327 g/mol. The van der Waals surface area contributed by atoms with Gasteiger partial charge in [-0.25, -0.2) is 4.98 Å². The van der Waals surface area contributed by atoms with Gasteiger partial charge in [0.05, 0.1) is 18.2 Å². The van der Waals surface area contributed by atoms with E-state index in [1.807, 2.05) is 35.7 Å². The smallest absolute Gasteiger partial charge is 0.228 e. The van der Waals surface area contributed by atoms with Gasteiger partial charge in [0.1, 0.15) is 0 Å². The number of methoxy groups -OCH3 is 1. The first-order valence-corrected chi connectivity index (χ1v) is 7.14. The molecule has 1 heterocycles. The molecule has 0 aliphatic carbocycles. The van der Waals surface area contributed by atoms with Crippen LogP contribution in [0.1, 0.15) is 6.42 Å². The number of hydrogen-bond acceptors (Lipinski definition) is 5. The summed E-state index contributed by atoms with van der Waals surface area (Å²) in [6.07, 6.45) is -0.0312. The zero-order valence-electron chi connectivity index (χ0n) is 11.6. The number of thiazole rings is 1. The lowest BCUT2D eigenvalue weighted by Gasteiger charge is -2.11. The summed E-state index contributed by atoms with van der Waals surface area (Å²) in [5.74, 6) is -0.142. The van der Waals surface area contributed by atoms with Crippen molar-refractivity contribution < 1.29 is 9.53 Å². The zero-order valence-corrected chi connectivity index (χ0v) is 13.2. The third-order valence-electron chi connectivity index (χ3n) is 2.83. The number of nitrogens with one attached hydrogen (secondary N) is 1. The molecule has 0 fully saturated rings. The van der Waals surface area contributed by atoms with E-state index in [-0.39, 0.29) is 30.8 Å². The van der Waals surface area contributed by atoms with Crippen LogP contribution in [0.25, 0.3) is 11.3 Å². The van der Waals surface area contributed by atoms with E-state index >= 15 is 0 Å². The van der Waals surface area contributed by atoms with Crippen LogP contribution in [0.15, 0.2) is 35.7 Å². The Balaban J connectivity index is 0.00000220. The van der Waals surface area contributed by atoms with Crippen LogP contribution >= 0.6 is 23.7 Å². The summed E-state index contributed by atoms with van der Waals surface area (Å²) in [6, 6.07) is 9.83. The van der Waals surface area contributed by atoms with Crippen molar-refractivity contribution in [1.29, 1.82) is 0 Å². The molecule has 0 bridgehead atoms. The summed E-state index contributed by atoms with van der Waals surface area (Å²) in [7, 11) is 1.54. The molecule has 3 N–H and O–H groups in total. The number of amides is 1. The quantitative estimate of drug-likeness (QED) is 0.854. The van der Waals surface area contributed by atoms with Gasteiger partial charge < -0.3 is 15.8 Å². The molecule has 1 unspecified atom stereocenters. The lowest BCUT2D eigenvalue weighted by Crippen LogP contribution is -2.28. The largest absolute Gasteiger partial charge is 0.380 e. The lowest BCUT2D eigenvalue weighted by molar-refractivity contribution is -0.118. The number of rotatable bonds is 6. The molecule has 21 heavy (non-hydrogen) atoms. The van der Waals surface area contributed by atoms with Gasteiger partial charge in [-0.3, -0.25) is 4.79 Å². The summed E-state index contributed by atoms with van der Waals surface area (Å²) in [4.78, 5) is 16.2. The number of anilines is 1. The van der Waals surface area contributed by atoms with Crippen LogP contribution in [-0.2, 0) is 9.53 Å². The molecule has 5 nitrogen and oxygen atoms in total. The van der Waals surface area contributed by atoms with Gasteiger partial charge in [-0.15, -0.1) is 23.7 Å². The van der Waals surface area contributed by atoms with Crippen molar-refractivity contribution in [2.75, 3.05) is 19.0 Å². The minimum Gasteiger partial charge on any atom is -0.380 e. The van der Waals surface area contributed by atoms with Crippen LogP contribution in [0, 0.1) is 0 Å². The van der Waals surface area contributed by atoms with Crippen LogP contribution in [0.5, 0.6) is 0 Å². The second-order valence-electron chi connectivity index (χ2n) is 4.25. The van der Waals surface area contributed by atoms with Gasteiger partial charge in [-0.2, -0.15) is 0 Å². The number of ether oxygens (including phenoxy) is 1. The van der Waals surface area contributed by atoms with Gasteiger partial charge in [0, 0.05) is 24.6 Å². The molecule has 0 saturated carbocycles. The highest BCUT2D eigenvalue weighted by atomic mass is 35.5. The Morgan fingerprint density at radius 2 is 2.14 bits per heavy atom. The first-order chi connectivity index (χ1) is 9.72. The number of carbonyl (C=O) groups is 1. The Morgan fingerprint density at radius 1 is 1.43 bits per heavy atom. The fraction of sp³-hybridized carbons (Fsp3) is 0.286. The predicted octanol–water partition coefficient (Wildman–Crippen LogP) is 2.53. The van der Waals surface area contributed by atoms with E-state index in [1.54, 1.807) is 7.11 Å². The molecular weight excluding hydrogens is 310 g/mol. The van der Waals surface area contributed by atoms with E-state index in [0.29, 0.717) is 11.7 Å². The SMILES string of the molecule is COC(CN)CC(=O)Nc1nc(-c2ccccc2)cs1.Cl. The minimum absolute atomic E-state index is 0. The van der Waals surface area contributed by atoms with Gasteiger partial charge in [0.2, 0.25) is 5.91 Å². The third kappa shape index (κ3) is 5.09. The molecule has 0 aliphatic heterocycles. The number of halogens is 1. The van der Waals surface area contributed by atoms with E-state index < -0.39 is 0 Å². The number of hydrogen-bond donors (Lipinski definition) is 2. The van der Waals surface area contributed by atoms with E-state index in [2.05, 4.69) is 10.3 Å². The number of benzene rings is 1. The van der Waals surface area contributed by atoms with Crippen LogP contribution in [0.3, 0.4) is 0 Å². The summed E-state index contributed by atoms with van der Waals surface area (Å²) >= 11 is 1.40. The van der Waals surface area contributed by atoms with E-state index in [4.69, 9.17) is 10.5 Å². The van der Waals surface area contributed by atoms with Gasteiger partial charge in [0.15, 0.2) is 5.13 Å². The molecule has 1 aromatic heterocycles. The Morgan fingerprint density at radius 3 is 2.76 bits per heavy atom. The average Bonchev–Trinajstić information content (AvgIpc) is 2.94. The van der Waals surface area contributed by atoms with Crippen LogP contribution < -0.4 is 11.1 Å². The van der Waals surface area contributed by atoms with Crippen molar-refractivity contribution in [3.63, 3.8) is 0 Å². The normalized spacial score (nSPS) is 11.5. The van der Waals surface area contributed by atoms with Crippen LogP contribution in [-0.4, -0.2) is 30.6 Å². The zero-order chi connectivity index (χ0) is 14.4. The first-order valence-electron chi connectivity index (χ1n) is 6.26. The average molecular weight is 328 g/mol. The molecule has 0 aliphatic rings. The molecule has 0 saturated heterocycles. The van der Waals surface area contributed by atoms with E-state index in [0.717, 1.165) is 11.3 Å². The molecule has 0 radical (unpaired) electrons. The van der Waals surface area contributed by atoms with Gasteiger partial charge in [-0.1, -0.05) is 30.3 Å². The van der Waals surface area contributed by atoms with Crippen molar-refractivity contribution in [3.05, 3.63) is 35.7 Å². The summed E-state index contributed by atoms with van der Waals surface area (Å²) in [5, 5.41) is 5.27. The fourth-order valence-corrected chi connectivity index (χ4v) is 2.45. The van der Waals surface area contributed by atoms with Gasteiger partial charge >= 0.3 is 0 Å². The first kappa shape index (κ1) is 17.6. The molecule has 1 amide bonds. The molecule has 2 rings (SSSR count). The summed E-state index contributed by atoms with van der Waals surface area (Å²) in [6.45, 7) is 0.317. The predicted molar refractivity (Wildman–Crippen MR) is 87.9 cm³/mol. The molecular formula is C14H18ClN3O2S. The summed E-state index contributed by atoms with van der Waals surface area (Å²) in [5.41, 5.74) is 7.37. The minimum atomic E-state index is -0.261. The van der Waals surface area contributed by atoms with Crippen molar-refractivity contribution in [3.8, 4) is 11.3 Å². The molecule has 7 heteroatoms. The number of nitrogens with zero attached hydrogens (tertiary/aromatic N) is 1. The number of carbonyl (C=O) groups excluding carboxylic acids is 1. The van der Waals surface area contributed by atoms with Gasteiger partial charge in [0.25, 0.3) is 0 Å². The van der Waals surface area contributed by atoms with E-state index in [9.17, 15) is 4.79 Å². The Labute approximate surface area is 133 Å². The summed E-state index contributed by atoms with van der Waals surface area (Å²) < 4.78 is 5.08. The third-order valence-corrected chi connectivity index (χ3v) is 3.59. The van der Waals surface area contributed by atoms with Crippen molar-refractivity contribution in [2.45, 2.75) is 12.5 Å². The second-order valence-corrected chi connectivity index (χ2v) is 5.11.